The SMILES string of the molecule is CCCCn1cnc2sc(C(=O)Nc3ccccc3OC)c(C)c2c1=O. The number of methoxy groups -OCH3 is 1. The Morgan fingerprint density at radius 2 is 2.12 bits per heavy atom. The summed E-state index contributed by atoms with van der Waals surface area (Å²) in [6.07, 6.45) is 3.48. The fraction of sp³-hybridized carbons (Fsp3) is 0.316. The first-order valence-electron chi connectivity index (χ1n) is 8.49. The van der Waals surface area contributed by atoms with Crippen LogP contribution in [0, 0.1) is 6.92 Å². The van der Waals surface area contributed by atoms with Gasteiger partial charge in [-0.05, 0) is 31.0 Å². The third-order valence-corrected chi connectivity index (χ3v) is 5.43. The van der Waals surface area contributed by atoms with Gasteiger partial charge < -0.3 is 10.1 Å². The third-order valence-electron chi connectivity index (χ3n) is 4.23. The Morgan fingerprint density at radius 1 is 1.35 bits per heavy atom. The van der Waals surface area contributed by atoms with E-state index in [-0.39, 0.29) is 11.5 Å². The summed E-state index contributed by atoms with van der Waals surface area (Å²) in [4.78, 5) is 30.9. The van der Waals surface area contributed by atoms with Crippen LogP contribution in [0.1, 0.15) is 35.0 Å². The Morgan fingerprint density at radius 3 is 2.85 bits per heavy atom. The van der Waals surface area contributed by atoms with Gasteiger partial charge in [-0.15, -0.1) is 11.3 Å². The molecule has 0 spiro atoms. The summed E-state index contributed by atoms with van der Waals surface area (Å²) in [7, 11) is 1.55. The lowest BCUT2D eigenvalue weighted by Crippen LogP contribution is -2.20. The molecule has 0 bridgehead atoms. The summed E-state index contributed by atoms with van der Waals surface area (Å²) in [6, 6.07) is 7.21. The summed E-state index contributed by atoms with van der Waals surface area (Å²) in [5.41, 5.74) is 1.17. The molecule has 0 aliphatic carbocycles. The minimum absolute atomic E-state index is 0.0893. The number of unbranched alkanes of at least 4 members (excludes halogenated alkanes) is 1. The first kappa shape index (κ1) is 18.1. The van der Waals surface area contributed by atoms with Gasteiger partial charge in [-0.2, -0.15) is 0 Å². The molecule has 136 valence electrons. The van der Waals surface area contributed by atoms with Crippen LogP contribution in [0.2, 0.25) is 0 Å². The molecular weight excluding hydrogens is 350 g/mol. The number of carbonyl (C=O) groups is 1. The van der Waals surface area contributed by atoms with Gasteiger partial charge in [0.05, 0.1) is 29.4 Å². The number of amides is 1. The van der Waals surface area contributed by atoms with E-state index in [0.717, 1.165) is 12.8 Å². The lowest BCUT2D eigenvalue weighted by atomic mass is 10.2. The molecule has 1 aromatic carbocycles. The maximum absolute atomic E-state index is 12.7. The second-order valence-electron chi connectivity index (χ2n) is 5.99. The number of ether oxygens (including phenoxy) is 1. The summed E-state index contributed by atoms with van der Waals surface area (Å²) in [6.45, 7) is 4.51. The molecule has 0 atom stereocenters. The first-order valence-corrected chi connectivity index (χ1v) is 9.31. The number of hydrogen-bond donors (Lipinski definition) is 1. The van der Waals surface area contributed by atoms with Gasteiger partial charge in [0.25, 0.3) is 11.5 Å². The number of nitrogens with zero attached hydrogens (tertiary/aromatic N) is 2. The minimum atomic E-state index is -0.269. The Bertz CT molecular complexity index is 1010. The van der Waals surface area contributed by atoms with E-state index < -0.39 is 0 Å². The van der Waals surface area contributed by atoms with Crippen molar-refractivity contribution in [2.24, 2.45) is 0 Å². The normalized spacial score (nSPS) is 10.9. The minimum Gasteiger partial charge on any atom is -0.495 e. The third kappa shape index (κ3) is 3.35. The van der Waals surface area contributed by atoms with Crippen molar-refractivity contribution in [2.45, 2.75) is 33.2 Å². The van der Waals surface area contributed by atoms with Gasteiger partial charge in [-0.1, -0.05) is 25.5 Å². The lowest BCUT2D eigenvalue weighted by molar-refractivity contribution is 0.102. The Hall–Kier alpha value is -2.67. The summed E-state index contributed by atoms with van der Waals surface area (Å²) >= 11 is 1.23. The number of fused-ring (bicyclic) bond motifs is 1. The molecule has 3 rings (SSSR count). The Labute approximate surface area is 155 Å². The van der Waals surface area contributed by atoms with Gasteiger partial charge >= 0.3 is 0 Å². The van der Waals surface area contributed by atoms with E-state index in [1.54, 1.807) is 37.1 Å². The highest BCUT2D eigenvalue weighted by Gasteiger charge is 2.20. The van der Waals surface area contributed by atoms with Crippen molar-refractivity contribution in [3.8, 4) is 5.75 Å². The van der Waals surface area contributed by atoms with E-state index in [1.807, 2.05) is 12.1 Å². The quantitative estimate of drug-likeness (QED) is 0.715. The second kappa shape index (κ2) is 7.70. The molecular formula is C19H21N3O3S. The molecule has 3 aromatic rings. The van der Waals surface area contributed by atoms with Crippen molar-refractivity contribution in [1.82, 2.24) is 9.55 Å². The van der Waals surface area contributed by atoms with Gasteiger partial charge in [-0.3, -0.25) is 14.2 Å². The number of aromatic nitrogens is 2. The molecule has 1 N–H and O–H groups in total. The molecule has 1 amide bonds. The number of benzene rings is 1. The zero-order valence-corrected chi connectivity index (χ0v) is 15.9. The molecule has 0 fully saturated rings. The maximum atomic E-state index is 12.7. The van der Waals surface area contributed by atoms with Gasteiger partial charge in [0.2, 0.25) is 0 Å². The molecule has 2 aromatic heterocycles. The smallest absolute Gasteiger partial charge is 0.266 e. The van der Waals surface area contributed by atoms with E-state index in [9.17, 15) is 9.59 Å². The van der Waals surface area contributed by atoms with Crippen molar-refractivity contribution in [2.75, 3.05) is 12.4 Å². The van der Waals surface area contributed by atoms with Crippen LogP contribution >= 0.6 is 11.3 Å². The number of thiophene rings is 1. The topological polar surface area (TPSA) is 73.2 Å². The van der Waals surface area contributed by atoms with Crippen LogP contribution < -0.4 is 15.6 Å². The number of para-hydroxylation sites is 2. The lowest BCUT2D eigenvalue weighted by Gasteiger charge is -2.09. The van der Waals surface area contributed by atoms with Gasteiger partial charge in [-0.25, -0.2) is 4.98 Å². The molecule has 7 heteroatoms. The zero-order chi connectivity index (χ0) is 18.7. The number of nitrogens with one attached hydrogen (secondary N) is 1. The standard InChI is InChI=1S/C19H21N3O3S/c1-4-5-10-22-11-20-18-15(19(22)24)12(2)16(26-18)17(23)21-13-8-6-7-9-14(13)25-3/h6-9,11H,4-5,10H2,1-3H3,(H,21,23). The van der Waals surface area contributed by atoms with Crippen LogP contribution in [-0.4, -0.2) is 22.6 Å². The predicted octanol–water partition coefficient (Wildman–Crippen LogP) is 3.83. The average molecular weight is 371 g/mol. The molecule has 0 radical (unpaired) electrons. The van der Waals surface area contributed by atoms with Gasteiger partial charge in [0.15, 0.2) is 0 Å². The van der Waals surface area contributed by atoms with Crippen LogP contribution in [0.15, 0.2) is 35.4 Å². The van der Waals surface area contributed by atoms with Crippen molar-refractivity contribution >= 4 is 33.1 Å². The summed E-state index contributed by atoms with van der Waals surface area (Å²) < 4.78 is 6.89. The molecule has 0 saturated carbocycles. The molecule has 0 aliphatic rings. The van der Waals surface area contributed by atoms with Gasteiger partial charge in [0, 0.05) is 6.54 Å². The fourth-order valence-corrected chi connectivity index (χ4v) is 3.83. The highest BCUT2D eigenvalue weighted by atomic mass is 32.1. The van der Waals surface area contributed by atoms with E-state index >= 15 is 0 Å². The van der Waals surface area contributed by atoms with Crippen LogP contribution in [0.4, 0.5) is 5.69 Å². The average Bonchev–Trinajstić information content (AvgIpc) is 2.99. The van der Waals surface area contributed by atoms with E-state index in [1.165, 1.54) is 11.3 Å². The van der Waals surface area contributed by atoms with Crippen molar-refractivity contribution in [3.05, 3.63) is 51.4 Å². The molecule has 2 heterocycles. The molecule has 26 heavy (non-hydrogen) atoms. The van der Waals surface area contributed by atoms with E-state index in [2.05, 4.69) is 17.2 Å². The summed E-state index contributed by atoms with van der Waals surface area (Å²) in [5.74, 6) is 0.314. The number of hydrogen-bond acceptors (Lipinski definition) is 5. The van der Waals surface area contributed by atoms with Crippen LogP contribution in [0.5, 0.6) is 5.75 Å². The number of anilines is 1. The van der Waals surface area contributed by atoms with E-state index in [4.69, 9.17) is 4.74 Å². The van der Waals surface area contributed by atoms with E-state index in [0.29, 0.717) is 38.6 Å². The monoisotopic (exact) mass is 371 g/mol. The molecule has 0 unspecified atom stereocenters. The Kier molecular flexibility index (Phi) is 5.37. The van der Waals surface area contributed by atoms with Crippen LogP contribution in [-0.2, 0) is 6.54 Å². The molecule has 6 nitrogen and oxygen atoms in total. The zero-order valence-electron chi connectivity index (χ0n) is 15.0. The molecule has 0 aliphatic heterocycles. The van der Waals surface area contributed by atoms with Gasteiger partial charge in [0.1, 0.15) is 10.6 Å². The highest BCUT2D eigenvalue weighted by molar-refractivity contribution is 7.20. The number of rotatable bonds is 6. The second-order valence-corrected chi connectivity index (χ2v) is 6.99. The number of aryl methyl sites for hydroxylation is 2. The van der Waals surface area contributed by atoms with Crippen LogP contribution in [0.3, 0.4) is 0 Å². The Balaban J connectivity index is 1.97. The van der Waals surface area contributed by atoms with Crippen LogP contribution in [0.25, 0.3) is 10.2 Å². The highest BCUT2D eigenvalue weighted by Crippen LogP contribution is 2.29. The van der Waals surface area contributed by atoms with Crippen molar-refractivity contribution < 1.29 is 9.53 Å². The van der Waals surface area contributed by atoms with Crippen molar-refractivity contribution in [3.63, 3.8) is 0 Å². The van der Waals surface area contributed by atoms with Crippen molar-refractivity contribution in [1.29, 1.82) is 0 Å². The maximum Gasteiger partial charge on any atom is 0.266 e. The summed E-state index contributed by atoms with van der Waals surface area (Å²) in [5, 5.41) is 3.38. The predicted molar refractivity (Wildman–Crippen MR) is 104 cm³/mol. The number of carbonyl (C=O) groups excluding carboxylic acids is 1. The molecule has 0 saturated heterocycles. The first-order chi connectivity index (χ1) is 12.6. The largest absolute Gasteiger partial charge is 0.495 e. The fourth-order valence-electron chi connectivity index (χ4n) is 2.79.